The first-order valence-corrected chi connectivity index (χ1v) is 9.75. The van der Waals surface area contributed by atoms with Crippen LogP contribution in [-0.2, 0) is 16.1 Å². The van der Waals surface area contributed by atoms with Gasteiger partial charge >= 0.3 is 6.03 Å². The van der Waals surface area contributed by atoms with Gasteiger partial charge in [0.05, 0.1) is 19.0 Å². The zero-order chi connectivity index (χ0) is 21.3. The fourth-order valence-corrected chi connectivity index (χ4v) is 3.60. The van der Waals surface area contributed by atoms with Crippen LogP contribution in [0.3, 0.4) is 0 Å². The monoisotopic (exact) mass is 426 g/mol. The summed E-state index contributed by atoms with van der Waals surface area (Å²) < 4.78 is 1.78. The van der Waals surface area contributed by atoms with Crippen molar-refractivity contribution in [2.75, 3.05) is 0 Å². The van der Waals surface area contributed by atoms with E-state index >= 15 is 0 Å². The molecule has 1 aliphatic heterocycles. The number of pyridine rings is 1. The second kappa shape index (κ2) is 8.11. The number of carbonyl (C=O) groups excluding carboxylic acids is 3. The van der Waals surface area contributed by atoms with Crippen LogP contribution in [-0.4, -0.2) is 43.4 Å². The lowest BCUT2D eigenvalue weighted by Crippen LogP contribution is -2.37. The van der Waals surface area contributed by atoms with Gasteiger partial charge in [0.15, 0.2) is 11.5 Å². The zero-order valence-electron chi connectivity index (χ0n) is 16.1. The second-order valence-corrected chi connectivity index (χ2v) is 7.47. The predicted octanol–water partition coefficient (Wildman–Crippen LogP) is 2.07. The maximum Gasteiger partial charge on any atom is 0.325 e. The van der Waals surface area contributed by atoms with Gasteiger partial charge in [-0.2, -0.15) is 0 Å². The number of hydrogen-bond donors (Lipinski definition) is 2. The number of nitrogens with one attached hydrogen (secondary N) is 2. The van der Waals surface area contributed by atoms with Crippen molar-refractivity contribution >= 4 is 35.1 Å². The summed E-state index contributed by atoms with van der Waals surface area (Å²) in [6, 6.07) is 10.5. The van der Waals surface area contributed by atoms with Gasteiger partial charge in [-0.3, -0.25) is 18.9 Å². The molecule has 4 amide bonds. The number of benzene rings is 1. The van der Waals surface area contributed by atoms with E-state index in [0.717, 1.165) is 10.5 Å². The minimum Gasteiger partial charge on any atom is -0.346 e. The van der Waals surface area contributed by atoms with Crippen LogP contribution in [0, 0.1) is 0 Å². The Kier molecular flexibility index (Phi) is 5.37. The molecular formula is C20H19ClN6O3. The Morgan fingerprint density at radius 1 is 1.23 bits per heavy atom. The van der Waals surface area contributed by atoms with Crippen LogP contribution in [0.15, 0.2) is 48.7 Å². The molecule has 154 valence electrons. The molecular weight excluding hydrogens is 408 g/mol. The Bertz CT molecular complexity index is 1130. The van der Waals surface area contributed by atoms with Crippen molar-refractivity contribution in [3.05, 3.63) is 65.1 Å². The summed E-state index contributed by atoms with van der Waals surface area (Å²) >= 11 is 5.96. The Morgan fingerprint density at radius 3 is 2.87 bits per heavy atom. The van der Waals surface area contributed by atoms with E-state index in [9.17, 15) is 14.4 Å². The molecule has 0 saturated carbocycles. The van der Waals surface area contributed by atoms with E-state index in [1.54, 1.807) is 35.6 Å². The number of amides is 4. The average Bonchev–Trinajstić information content (AvgIpc) is 3.25. The van der Waals surface area contributed by atoms with Gasteiger partial charge in [0, 0.05) is 11.2 Å². The van der Waals surface area contributed by atoms with E-state index in [1.165, 1.54) is 0 Å². The Hall–Kier alpha value is -3.46. The first-order chi connectivity index (χ1) is 14.4. The fourth-order valence-electron chi connectivity index (χ4n) is 3.39. The molecule has 30 heavy (non-hydrogen) atoms. The number of hydrogen-bond acceptors (Lipinski definition) is 5. The van der Waals surface area contributed by atoms with Crippen LogP contribution < -0.4 is 10.6 Å². The molecule has 3 aromatic rings. The number of nitrogens with zero attached hydrogens (tertiary/aromatic N) is 4. The molecule has 0 bridgehead atoms. The summed E-state index contributed by atoms with van der Waals surface area (Å²) in [6.45, 7) is 1.87. The van der Waals surface area contributed by atoms with E-state index in [2.05, 4.69) is 20.8 Å². The summed E-state index contributed by atoms with van der Waals surface area (Å²) in [5.41, 5.74) is 1.40. The lowest BCUT2D eigenvalue weighted by Gasteiger charge is -2.15. The summed E-state index contributed by atoms with van der Waals surface area (Å²) in [5, 5.41) is 14.1. The summed E-state index contributed by atoms with van der Waals surface area (Å²) in [5.74, 6) is -0.252. The predicted molar refractivity (Wildman–Crippen MR) is 108 cm³/mol. The molecule has 1 saturated heterocycles. The van der Waals surface area contributed by atoms with Crippen LogP contribution in [0.1, 0.15) is 30.8 Å². The van der Waals surface area contributed by atoms with Crippen molar-refractivity contribution in [1.29, 1.82) is 0 Å². The number of urea groups is 1. The van der Waals surface area contributed by atoms with E-state index in [1.807, 2.05) is 24.4 Å². The van der Waals surface area contributed by atoms with Crippen LogP contribution in [0.25, 0.3) is 5.65 Å². The molecule has 3 heterocycles. The summed E-state index contributed by atoms with van der Waals surface area (Å²) in [6.07, 6.45) is 1.64. The molecule has 0 spiro atoms. The maximum absolute atomic E-state index is 12.6. The first kappa shape index (κ1) is 19.8. The molecule has 0 aliphatic carbocycles. The van der Waals surface area contributed by atoms with Crippen molar-refractivity contribution in [3.8, 4) is 0 Å². The van der Waals surface area contributed by atoms with E-state index in [-0.39, 0.29) is 18.9 Å². The van der Waals surface area contributed by atoms with E-state index in [4.69, 9.17) is 11.6 Å². The van der Waals surface area contributed by atoms with Crippen molar-refractivity contribution in [3.63, 3.8) is 0 Å². The number of imide groups is 1. The van der Waals surface area contributed by atoms with Gasteiger partial charge in [-0.1, -0.05) is 29.8 Å². The largest absolute Gasteiger partial charge is 0.346 e. The topological polar surface area (TPSA) is 109 Å². The normalized spacial score (nSPS) is 17.3. The molecule has 1 aromatic carbocycles. The van der Waals surface area contributed by atoms with Gasteiger partial charge in [0.2, 0.25) is 5.91 Å². The van der Waals surface area contributed by atoms with Crippen molar-refractivity contribution in [2.24, 2.45) is 0 Å². The van der Waals surface area contributed by atoms with Crippen LogP contribution in [0.2, 0.25) is 5.02 Å². The second-order valence-electron chi connectivity index (χ2n) is 7.04. The number of fused-ring (bicyclic) bond motifs is 1. The van der Waals surface area contributed by atoms with Crippen molar-refractivity contribution in [1.82, 2.24) is 30.1 Å². The lowest BCUT2D eigenvalue weighted by atomic mass is 10.1. The van der Waals surface area contributed by atoms with Gasteiger partial charge in [-0.05, 0) is 36.8 Å². The minimum absolute atomic E-state index is 0.0888. The highest BCUT2D eigenvalue weighted by atomic mass is 35.5. The molecule has 4 rings (SSSR count). The standard InChI is InChI=1S/C20H19ClN6O3/c1-12(18-25-24-16-7-2-3-8-26(16)18)22-17(28)10-15-19(29)27(20(30)23-15)11-13-5-4-6-14(21)9-13/h2-9,12,15H,10-11H2,1H3,(H,22,28)(H,23,30)/t12-,15+/m0/s1. The number of carbonyl (C=O) groups is 3. The molecule has 9 nitrogen and oxygen atoms in total. The Labute approximate surface area is 177 Å². The molecule has 2 atom stereocenters. The Morgan fingerprint density at radius 2 is 2.07 bits per heavy atom. The van der Waals surface area contributed by atoms with Gasteiger partial charge in [0.1, 0.15) is 6.04 Å². The number of rotatable bonds is 6. The highest BCUT2D eigenvalue weighted by Gasteiger charge is 2.39. The molecule has 2 aromatic heterocycles. The van der Waals surface area contributed by atoms with Gasteiger partial charge in [-0.15, -0.1) is 10.2 Å². The van der Waals surface area contributed by atoms with Crippen LogP contribution >= 0.6 is 11.6 Å². The van der Waals surface area contributed by atoms with Gasteiger partial charge < -0.3 is 10.6 Å². The third kappa shape index (κ3) is 3.97. The zero-order valence-corrected chi connectivity index (χ0v) is 16.8. The van der Waals surface area contributed by atoms with Crippen LogP contribution in [0.5, 0.6) is 0 Å². The minimum atomic E-state index is -0.918. The molecule has 2 N–H and O–H groups in total. The smallest absolute Gasteiger partial charge is 0.325 e. The molecule has 1 fully saturated rings. The van der Waals surface area contributed by atoms with Gasteiger partial charge in [-0.25, -0.2) is 4.79 Å². The average molecular weight is 427 g/mol. The van der Waals surface area contributed by atoms with E-state index < -0.39 is 24.0 Å². The Balaban J connectivity index is 1.38. The number of aromatic nitrogens is 3. The SMILES string of the molecule is C[C@H](NC(=O)C[C@H]1NC(=O)N(Cc2cccc(Cl)c2)C1=O)c1nnc2ccccn12. The maximum atomic E-state index is 12.6. The third-order valence-electron chi connectivity index (χ3n) is 4.83. The van der Waals surface area contributed by atoms with Gasteiger partial charge in [0.25, 0.3) is 5.91 Å². The first-order valence-electron chi connectivity index (χ1n) is 9.37. The quantitative estimate of drug-likeness (QED) is 0.586. The van der Waals surface area contributed by atoms with E-state index in [0.29, 0.717) is 16.5 Å². The third-order valence-corrected chi connectivity index (χ3v) is 5.07. The highest BCUT2D eigenvalue weighted by molar-refractivity contribution is 6.30. The molecule has 0 radical (unpaired) electrons. The number of halogens is 1. The fraction of sp³-hybridized carbons (Fsp3) is 0.250. The van der Waals surface area contributed by atoms with Crippen molar-refractivity contribution in [2.45, 2.75) is 32.0 Å². The highest BCUT2D eigenvalue weighted by Crippen LogP contribution is 2.18. The summed E-state index contributed by atoms with van der Waals surface area (Å²) in [7, 11) is 0. The summed E-state index contributed by atoms with van der Waals surface area (Å²) in [4.78, 5) is 38.4. The lowest BCUT2D eigenvalue weighted by molar-refractivity contribution is -0.131. The van der Waals surface area contributed by atoms with Crippen molar-refractivity contribution < 1.29 is 14.4 Å². The van der Waals surface area contributed by atoms with Crippen LogP contribution in [0.4, 0.5) is 4.79 Å². The molecule has 0 unspecified atom stereocenters. The molecule has 1 aliphatic rings. The molecule has 10 heteroatoms.